The lowest BCUT2D eigenvalue weighted by atomic mass is 9.79. The first-order valence-corrected chi connectivity index (χ1v) is 17.7. The van der Waals surface area contributed by atoms with E-state index in [9.17, 15) is 38.0 Å². The van der Waals surface area contributed by atoms with E-state index in [4.69, 9.17) is 9.47 Å². The smallest absolute Gasteiger partial charge is 0.282 e. The number of fused-ring (bicyclic) bond motifs is 2. The van der Waals surface area contributed by atoms with Crippen LogP contribution in [0.4, 0.5) is 42.1 Å². The summed E-state index contributed by atoms with van der Waals surface area (Å²) in [6, 6.07) is 17.9. The lowest BCUT2D eigenvalue weighted by Gasteiger charge is -2.41. The van der Waals surface area contributed by atoms with E-state index >= 15 is 17.7 Å². The van der Waals surface area contributed by atoms with Gasteiger partial charge in [0.2, 0.25) is 7.14 Å². The average Bonchev–Trinajstić information content (AvgIpc) is 3.13. The van der Waals surface area contributed by atoms with Gasteiger partial charge in [0.1, 0.15) is 36.0 Å². The number of anilines is 2. The van der Waals surface area contributed by atoms with Crippen molar-refractivity contribution in [3.05, 3.63) is 118 Å². The number of ether oxygens (including phenoxy) is 2. The molecule has 2 saturated heterocycles. The van der Waals surface area contributed by atoms with Gasteiger partial charge in [-0.3, -0.25) is 4.57 Å². The number of aromatic carboxylic acids is 1. The molecule has 4 aromatic carbocycles. The third kappa shape index (κ3) is 5.56. The van der Waals surface area contributed by atoms with Crippen LogP contribution in [0.25, 0.3) is 0 Å². The second-order valence-electron chi connectivity index (χ2n) is 13.0. The van der Waals surface area contributed by atoms with E-state index < -0.39 is 104 Å². The van der Waals surface area contributed by atoms with Gasteiger partial charge >= 0.3 is 0 Å². The number of nitriles is 2. The number of carboxylic acids is 1. The van der Waals surface area contributed by atoms with Crippen LogP contribution in [0.2, 0.25) is 0 Å². The molecule has 0 saturated carbocycles. The first-order chi connectivity index (χ1) is 25.5. The minimum absolute atomic E-state index is 0.129. The third-order valence-corrected chi connectivity index (χ3v) is 12.7. The molecular weight excluding hydrogens is 744 g/mol. The number of carboxylic acid groups (broad SMARTS) is 1. The normalized spacial score (nSPS) is 17.7. The first kappa shape index (κ1) is 36.8. The van der Waals surface area contributed by atoms with Crippen LogP contribution in [0.15, 0.2) is 66.7 Å². The molecule has 4 aromatic rings. The zero-order valence-electron chi connectivity index (χ0n) is 27.8. The quantitative estimate of drug-likeness (QED) is 0.0712. The molecule has 0 spiro atoms. The highest BCUT2D eigenvalue weighted by Gasteiger charge is 2.54. The summed E-state index contributed by atoms with van der Waals surface area (Å²) in [4.78, 5) is 15.2. The lowest BCUT2D eigenvalue weighted by molar-refractivity contribution is -0.255. The van der Waals surface area contributed by atoms with E-state index in [-0.39, 0.29) is 38.4 Å². The Labute approximate surface area is 302 Å². The number of halogens is 7. The minimum Gasteiger partial charge on any atom is -0.538 e. The highest BCUT2D eigenvalue weighted by atomic mass is 31.2. The van der Waals surface area contributed by atoms with Crippen LogP contribution in [0.3, 0.4) is 0 Å². The van der Waals surface area contributed by atoms with Gasteiger partial charge in [0.05, 0.1) is 59.4 Å². The second kappa shape index (κ2) is 12.8. The van der Waals surface area contributed by atoms with E-state index in [0.29, 0.717) is 0 Å². The Bertz CT molecular complexity index is 2260. The maximum absolute atomic E-state index is 17.2. The van der Waals surface area contributed by atoms with Crippen molar-refractivity contribution >= 4 is 40.4 Å². The van der Waals surface area contributed by atoms with Crippen molar-refractivity contribution < 1.29 is 54.7 Å². The molecule has 3 heterocycles. The summed E-state index contributed by atoms with van der Waals surface area (Å²) >= 11 is 0. The number of carbonyl (C=O) groups excluding carboxylic acids is 1. The molecule has 0 aliphatic carbocycles. The van der Waals surface area contributed by atoms with Crippen molar-refractivity contribution in [2.75, 3.05) is 49.9 Å². The Morgan fingerprint density at radius 1 is 0.852 bits per heavy atom. The van der Waals surface area contributed by atoms with Gasteiger partial charge in [-0.05, 0) is 48.5 Å². The molecule has 0 amide bonds. The van der Waals surface area contributed by atoms with Gasteiger partial charge < -0.3 is 29.2 Å². The number of benzene rings is 4. The SMILES string of the molecule is COCOC(C#N)(C#N)c1c(F)c(F)c(C(=O)[O-])c([C+]2c3ccc(N4CC(F)(F)C4)cc3P(=O)(c3ccccc3)c3cc(N4CC(F)(F)C4)ccc32)c1F. The van der Waals surface area contributed by atoms with Crippen molar-refractivity contribution in [2.24, 2.45) is 0 Å². The summed E-state index contributed by atoms with van der Waals surface area (Å²) < 4.78 is 131. The fraction of sp³-hybridized carbons (Fsp3) is 0.243. The average molecular weight is 769 g/mol. The Morgan fingerprint density at radius 3 is 1.78 bits per heavy atom. The fourth-order valence-electron chi connectivity index (χ4n) is 7.04. The van der Waals surface area contributed by atoms with Crippen LogP contribution in [0.1, 0.15) is 32.6 Å². The molecule has 9 nitrogen and oxygen atoms in total. The number of alkyl halides is 4. The number of methoxy groups -OCH3 is 1. The highest BCUT2D eigenvalue weighted by molar-refractivity contribution is 7.85. The van der Waals surface area contributed by atoms with Gasteiger partial charge in [-0.25, -0.2) is 22.0 Å². The molecule has 17 heteroatoms. The molecule has 54 heavy (non-hydrogen) atoms. The Morgan fingerprint density at radius 2 is 1.35 bits per heavy atom. The number of carbonyl (C=O) groups is 1. The third-order valence-electron chi connectivity index (χ3n) is 9.55. The number of rotatable bonds is 9. The maximum Gasteiger partial charge on any atom is 0.282 e. The van der Waals surface area contributed by atoms with Crippen molar-refractivity contribution in [2.45, 2.75) is 17.4 Å². The van der Waals surface area contributed by atoms with Crippen molar-refractivity contribution in [3.8, 4) is 12.1 Å². The summed E-state index contributed by atoms with van der Waals surface area (Å²) in [7, 11) is -3.21. The van der Waals surface area contributed by atoms with Crippen LogP contribution < -0.4 is 30.8 Å². The van der Waals surface area contributed by atoms with E-state index in [1.807, 2.05) is 0 Å². The molecule has 276 valence electrons. The van der Waals surface area contributed by atoms with Crippen molar-refractivity contribution in [1.29, 1.82) is 10.5 Å². The molecule has 3 aliphatic heterocycles. The largest absolute Gasteiger partial charge is 0.538 e. The Hall–Kier alpha value is -5.54. The summed E-state index contributed by atoms with van der Waals surface area (Å²) in [6.07, 6.45) is 0. The van der Waals surface area contributed by atoms with E-state index in [2.05, 4.69) is 0 Å². The summed E-state index contributed by atoms with van der Waals surface area (Å²) in [5.74, 6) is -15.5. The van der Waals surface area contributed by atoms with Gasteiger partial charge in [0, 0.05) is 23.8 Å². The van der Waals surface area contributed by atoms with Crippen LogP contribution in [-0.2, 0) is 19.6 Å². The van der Waals surface area contributed by atoms with E-state index in [0.717, 1.165) is 7.11 Å². The molecule has 0 unspecified atom stereocenters. The Balaban J connectivity index is 1.59. The Kier molecular flexibility index (Phi) is 8.72. The molecule has 2 fully saturated rings. The van der Waals surface area contributed by atoms with Gasteiger partial charge in [-0.15, -0.1) is 0 Å². The zero-order valence-corrected chi connectivity index (χ0v) is 28.7. The lowest BCUT2D eigenvalue weighted by Crippen LogP contribution is -2.56. The van der Waals surface area contributed by atoms with Gasteiger partial charge in [-0.2, -0.15) is 19.3 Å². The highest BCUT2D eigenvalue weighted by Crippen LogP contribution is 2.55. The predicted octanol–water partition coefficient (Wildman–Crippen LogP) is 4.21. The topological polar surface area (TPSA) is 130 Å². The monoisotopic (exact) mass is 768 g/mol. The molecule has 0 atom stereocenters. The fourth-order valence-corrected chi connectivity index (χ4v) is 10.1. The summed E-state index contributed by atoms with van der Waals surface area (Å²) in [5, 5.41) is 32.4. The maximum atomic E-state index is 17.2. The van der Waals surface area contributed by atoms with Crippen molar-refractivity contribution in [3.63, 3.8) is 0 Å². The van der Waals surface area contributed by atoms with E-state index in [1.54, 1.807) is 18.2 Å². The van der Waals surface area contributed by atoms with Gasteiger partial charge in [0.25, 0.3) is 17.4 Å². The van der Waals surface area contributed by atoms with E-state index in [1.165, 1.54) is 70.5 Å². The predicted molar refractivity (Wildman–Crippen MR) is 177 cm³/mol. The molecule has 3 aliphatic rings. The molecule has 0 aromatic heterocycles. The first-order valence-electron chi connectivity index (χ1n) is 16.0. The van der Waals surface area contributed by atoms with Crippen LogP contribution in [-0.4, -0.2) is 57.9 Å². The molecular formula is C37H24F7N4O5P. The number of hydrogen-bond donors (Lipinski definition) is 0. The van der Waals surface area contributed by atoms with Gasteiger partial charge in [0.15, 0.2) is 17.5 Å². The number of hydrogen-bond acceptors (Lipinski definition) is 9. The zero-order chi connectivity index (χ0) is 39.0. The summed E-state index contributed by atoms with van der Waals surface area (Å²) in [5.41, 5.74) is -7.96. The minimum atomic E-state index is -4.27. The van der Waals surface area contributed by atoms with Gasteiger partial charge in [-0.1, -0.05) is 18.2 Å². The standard InChI is InChI=1S/C37H24F7N4O5P/c1-52-19-53-35(13-45,14-46)30-31(38)28(29(34(49)50)32(39)33(30)40)27-23-9-7-20(47-15-36(41,42)16-47)11-25(23)54(51,22-5-3-2-4-6-22)26-12-21(8-10-24(26)27)48-17-37(43,44)18-48/h2-12H,15-19H2,1H3. The molecule has 0 N–H and O–H groups in total. The number of nitrogens with zero attached hydrogens (tertiary/aromatic N) is 4. The molecule has 7 rings (SSSR count). The van der Waals surface area contributed by atoms with Crippen molar-refractivity contribution in [1.82, 2.24) is 0 Å². The summed E-state index contributed by atoms with van der Waals surface area (Å²) in [6.45, 7) is -3.78. The van der Waals surface area contributed by atoms with Crippen LogP contribution >= 0.6 is 7.14 Å². The van der Waals surface area contributed by atoms with Crippen LogP contribution in [0.5, 0.6) is 0 Å². The van der Waals surface area contributed by atoms with Crippen LogP contribution in [0, 0.1) is 46.0 Å². The second-order valence-corrected chi connectivity index (χ2v) is 15.7. The molecule has 0 radical (unpaired) electrons. The molecule has 0 bridgehead atoms.